The fourth-order valence-corrected chi connectivity index (χ4v) is 4.16. The van der Waals surface area contributed by atoms with E-state index in [4.69, 9.17) is 4.42 Å². The van der Waals surface area contributed by atoms with Crippen LogP contribution in [0.25, 0.3) is 28.0 Å². The van der Waals surface area contributed by atoms with Crippen LogP contribution in [0.5, 0.6) is 0 Å². The summed E-state index contributed by atoms with van der Waals surface area (Å²) in [6.07, 6.45) is 3.79. The summed E-state index contributed by atoms with van der Waals surface area (Å²) < 4.78 is 7.53. The average Bonchev–Trinajstić information content (AvgIpc) is 3.12. The van der Waals surface area contributed by atoms with E-state index in [0.717, 1.165) is 35.5 Å². The molecular weight excluding hydrogens is 378 g/mol. The first-order chi connectivity index (χ1) is 14.4. The number of imidazole rings is 1. The third kappa shape index (κ3) is 3.15. The quantitative estimate of drug-likeness (QED) is 0.511. The lowest BCUT2D eigenvalue weighted by atomic mass is 10.1. The molecule has 0 bridgehead atoms. The molecule has 0 amide bonds. The van der Waals surface area contributed by atoms with Crippen molar-refractivity contribution >= 4 is 22.6 Å². The molecule has 0 radical (unpaired) electrons. The zero-order valence-electron chi connectivity index (χ0n) is 17.7. The first-order valence-corrected chi connectivity index (χ1v) is 10.3. The van der Waals surface area contributed by atoms with Gasteiger partial charge in [-0.3, -0.25) is 4.90 Å². The molecule has 5 heterocycles. The van der Waals surface area contributed by atoms with Crippen LogP contribution in [0.3, 0.4) is 0 Å². The summed E-state index contributed by atoms with van der Waals surface area (Å²) in [6, 6.07) is 10.6. The Morgan fingerprint density at radius 2 is 1.90 bits per heavy atom. The highest BCUT2D eigenvalue weighted by Crippen LogP contribution is 2.25. The highest BCUT2D eigenvalue weighted by molar-refractivity contribution is 5.80. The van der Waals surface area contributed by atoms with Crippen molar-refractivity contribution in [2.45, 2.75) is 32.9 Å². The van der Waals surface area contributed by atoms with E-state index in [1.807, 2.05) is 54.0 Å². The van der Waals surface area contributed by atoms with Gasteiger partial charge in [-0.25, -0.2) is 9.78 Å². The van der Waals surface area contributed by atoms with Crippen molar-refractivity contribution < 1.29 is 4.42 Å². The normalized spacial score (nSPS) is 20.3. The Balaban J connectivity index is 1.54. The second-order valence-electron chi connectivity index (χ2n) is 8.40. The van der Waals surface area contributed by atoms with Gasteiger partial charge in [0.2, 0.25) is 5.71 Å². The largest absolute Gasteiger partial charge is 0.403 e. The smallest absolute Gasteiger partial charge is 0.347 e. The Bertz CT molecular complexity index is 1310. The first kappa shape index (κ1) is 18.8. The molecule has 1 saturated heterocycles. The van der Waals surface area contributed by atoms with Crippen molar-refractivity contribution in [1.29, 1.82) is 0 Å². The van der Waals surface area contributed by atoms with Crippen molar-refractivity contribution in [1.82, 2.24) is 19.3 Å². The maximum absolute atomic E-state index is 12.7. The van der Waals surface area contributed by atoms with E-state index >= 15 is 0 Å². The van der Waals surface area contributed by atoms with Gasteiger partial charge in [0, 0.05) is 43.0 Å². The van der Waals surface area contributed by atoms with Gasteiger partial charge >= 0.3 is 5.63 Å². The molecule has 7 nitrogen and oxygen atoms in total. The summed E-state index contributed by atoms with van der Waals surface area (Å²) >= 11 is 0. The number of piperazine rings is 1. The molecule has 7 heteroatoms. The van der Waals surface area contributed by atoms with Crippen LogP contribution in [-0.4, -0.2) is 51.5 Å². The zero-order valence-corrected chi connectivity index (χ0v) is 17.7. The average molecular weight is 403 g/mol. The molecule has 5 rings (SSSR count). The van der Waals surface area contributed by atoms with Crippen LogP contribution < -0.4 is 10.5 Å². The number of aryl methyl sites for hydroxylation is 1. The predicted molar refractivity (Wildman–Crippen MR) is 118 cm³/mol. The van der Waals surface area contributed by atoms with Crippen LogP contribution in [0, 0.1) is 6.92 Å². The Labute approximate surface area is 174 Å². The lowest BCUT2D eigenvalue weighted by Crippen LogP contribution is -2.55. The molecule has 1 aliphatic rings. The van der Waals surface area contributed by atoms with E-state index in [1.165, 1.54) is 0 Å². The third-order valence-electron chi connectivity index (χ3n) is 6.07. The molecule has 1 fully saturated rings. The number of hydrogen-bond acceptors (Lipinski definition) is 6. The second-order valence-corrected chi connectivity index (χ2v) is 8.40. The molecular formula is C23H25N5O2. The highest BCUT2D eigenvalue weighted by atomic mass is 16.4. The van der Waals surface area contributed by atoms with Crippen molar-refractivity contribution in [3.8, 4) is 11.3 Å². The number of fused-ring (bicyclic) bond motifs is 2. The Hall–Kier alpha value is -3.19. The van der Waals surface area contributed by atoms with Crippen LogP contribution >= 0.6 is 0 Å². The topological polar surface area (TPSA) is 66.9 Å². The molecule has 0 aromatic carbocycles. The molecule has 2 atom stereocenters. The third-order valence-corrected chi connectivity index (χ3v) is 6.07. The van der Waals surface area contributed by atoms with Crippen LogP contribution in [-0.2, 0) is 0 Å². The molecule has 0 saturated carbocycles. The molecule has 0 spiro atoms. The Morgan fingerprint density at radius 3 is 2.73 bits per heavy atom. The van der Waals surface area contributed by atoms with E-state index in [9.17, 15) is 4.79 Å². The minimum atomic E-state index is -0.424. The van der Waals surface area contributed by atoms with Crippen LogP contribution in [0.4, 0.5) is 5.82 Å². The number of likely N-dealkylation sites (N-methyl/N-ethyl adjacent to an activating group) is 1. The van der Waals surface area contributed by atoms with Gasteiger partial charge in [-0.1, -0.05) is 0 Å². The molecule has 1 aliphatic heterocycles. The van der Waals surface area contributed by atoms with Crippen LogP contribution in [0.2, 0.25) is 0 Å². The fourth-order valence-electron chi connectivity index (χ4n) is 4.16. The molecule has 4 aromatic heterocycles. The maximum Gasteiger partial charge on any atom is 0.347 e. The second kappa shape index (κ2) is 6.95. The van der Waals surface area contributed by atoms with E-state index in [0.29, 0.717) is 29.1 Å². The molecule has 4 aromatic rings. The lowest BCUT2D eigenvalue weighted by molar-refractivity contribution is 0.205. The van der Waals surface area contributed by atoms with Gasteiger partial charge in [0.25, 0.3) is 0 Å². The highest BCUT2D eigenvalue weighted by Gasteiger charge is 2.27. The SMILES string of the molecule is Cc1ccn2cc(-c3cc4ccc(N5CC(C)N(C)CC5C)nc4oc3=O)nc2c1. The maximum atomic E-state index is 12.7. The predicted octanol–water partition coefficient (Wildman–Crippen LogP) is 3.34. The van der Waals surface area contributed by atoms with Crippen molar-refractivity contribution in [3.05, 3.63) is 58.7 Å². The number of anilines is 1. The zero-order chi connectivity index (χ0) is 21.0. The number of rotatable bonds is 2. The number of hydrogen-bond donors (Lipinski definition) is 0. The van der Waals surface area contributed by atoms with Gasteiger partial charge in [0.05, 0.1) is 11.3 Å². The monoisotopic (exact) mass is 403 g/mol. The first-order valence-electron chi connectivity index (χ1n) is 10.3. The van der Waals surface area contributed by atoms with Gasteiger partial charge in [-0.05, 0) is 63.7 Å². The van der Waals surface area contributed by atoms with Gasteiger partial charge in [0.15, 0.2) is 0 Å². The van der Waals surface area contributed by atoms with Gasteiger partial charge in [0.1, 0.15) is 11.5 Å². The van der Waals surface area contributed by atoms with Gasteiger partial charge < -0.3 is 13.7 Å². The van der Waals surface area contributed by atoms with E-state index in [-0.39, 0.29) is 0 Å². The minimum Gasteiger partial charge on any atom is -0.403 e. The Kier molecular flexibility index (Phi) is 4.36. The minimum absolute atomic E-state index is 0.337. The molecule has 154 valence electrons. The summed E-state index contributed by atoms with van der Waals surface area (Å²) in [5.74, 6) is 0.842. The van der Waals surface area contributed by atoms with Crippen LogP contribution in [0.15, 0.2) is 51.9 Å². The molecule has 0 N–H and O–H groups in total. The standard InChI is InChI=1S/C23H25N5O2/c1-14-7-8-27-13-19(24-21(27)9-14)18-10-17-5-6-20(25-22(17)30-23(18)29)28-12-15(2)26(4)11-16(28)3/h5-10,13,15-16H,11-12H2,1-4H3. The lowest BCUT2D eigenvalue weighted by Gasteiger charge is -2.43. The summed E-state index contributed by atoms with van der Waals surface area (Å²) in [4.78, 5) is 26.7. The summed E-state index contributed by atoms with van der Waals surface area (Å²) in [6.45, 7) is 8.28. The number of pyridine rings is 2. The van der Waals surface area contributed by atoms with Crippen LogP contribution in [0.1, 0.15) is 19.4 Å². The van der Waals surface area contributed by atoms with E-state index in [1.54, 1.807) is 0 Å². The number of nitrogens with zero attached hydrogens (tertiary/aromatic N) is 5. The number of aromatic nitrogens is 3. The summed E-state index contributed by atoms with van der Waals surface area (Å²) in [5.41, 5.74) is 2.90. The molecule has 2 unspecified atom stereocenters. The summed E-state index contributed by atoms with van der Waals surface area (Å²) in [7, 11) is 2.15. The van der Waals surface area contributed by atoms with Crippen molar-refractivity contribution in [2.75, 3.05) is 25.0 Å². The van der Waals surface area contributed by atoms with Gasteiger partial charge in [-0.15, -0.1) is 0 Å². The van der Waals surface area contributed by atoms with Crippen molar-refractivity contribution in [2.24, 2.45) is 0 Å². The summed E-state index contributed by atoms with van der Waals surface area (Å²) in [5, 5.41) is 0.788. The van der Waals surface area contributed by atoms with Crippen molar-refractivity contribution in [3.63, 3.8) is 0 Å². The fraction of sp³-hybridized carbons (Fsp3) is 0.348. The van der Waals surface area contributed by atoms with E-state index in [2.05, 4.69) is 40.7 Å². The Morgan fingerprint density at radius 1 is 1.07 bits per heavy atom. The van der Waals surface area contributed by atoms with E-state index < -0.39 is 5.63 Å². The molecule has 0 aliphatic carbocycles. The molecule has 30 heavy (non-hydrogen) atoms. The van der Waals surface area contributed by atoms with Gasteiger partial charge in [-0.2, -0.15) is 4.98 Å².